The molecule has 0 saturated carbocycles. The molecular formula is C12H15BrN4OS. The summed E-state index contributed by atoms with van der Waals surface area (Å²) in [6.07, 6.45) is 0.778. The van der Waals surface area contributed by atoms with Gasteiger partial charge in [0.15, 0.2) is 5.16 Å². The van der Waals surface area contributed by atoms with Gasteiger partial charge in [-0.2, -0.15) is 0 Å². The van der Waals surface area contributed by atoms with E-state index in [4.69, 9.17) is 5.73 Å². The molecule has 19 heavy (non-hydrogen) atoms. The summed E-state index contributed by atoms with van der Waals surface area (Å²) in [5.41, 5.74) is 6.80. The number of benzene rings is 1. The van der Waals surface area contributed by atoms with E-state index in [1.807, 2.05) is 19.1 Å². The largest absolute Gasteiger partial charge is 0.343 e. The van der Waals surface area contributed by atoms with E-state index in [1.54, 1.807) is 7.05 Å². The second-order valence-corrected chi connectivity index (χ2v) is 6.33. The van der Waals surface area contributed by atoms with Gasteiger partial charge in [-0.1, -0.05) is 15.9 Å². The molecule has 0 saturated heterocycles. The van der Waals surface area contributed by atoms with Crippen LogP contribution in [0, 0.1) is 0 Å². The van der Waals surface area contributed by atoms with Crippen LogP contribution in [-0.2, 0) is 13.5 Å². The fourth-order valence-corrected chi connectivity index (χ4v) is 3.00. The molecule has 0 amide bonds. The summed E-state index contributed by atoms with van der Waals surface area (Å²) < 4.78 is 2.51. The van der Waals surface area contributed by atoms with E-state index in [9.17, 15) is 4.79 Å². The van der Waals surface area contributed by atoms with Crippen molar-refractivity contribution in [3.8, 4) is 0 Å². The normalized spacial score (nSPS) is 12.6. The standard InChI is InChI=1S/C12H15BrN4OS/c1-7(14)5-8-6-9(13)3-4-10(8)19-12-16-15-11(18)17(12)2/h3-4,6-7H,5,14H2,1-2H3,(H,15,18). The molecule has 0 aliphatic rings. The van der Waals surface area contributed by atoms with Crippen molar-refractivity contribution in [1.82, 2.24) is 14.8 Å². The van der Waals surface area contributed by atoms with Crippen molar-refractivity contribution >= 4 is 27.7 Å². The number of nitrogens with one attached hydrogen (secondary N) is 1. The number of aromatic nitrogens is 3. The second kappa shape index (κ2) is 5.94. The van der Waals surface area contributed by atoms with Gasteiger partial charge in [-0.25, -0.2) is 9.89 Å². The first-order chi connectivity index (χ1) is 8.97. The molecule has 1 atom stereocenters. The maximum Gasteiger partial charge on any atom is 0.343 e. The van der Waals surface area contributed by atoms with E-state index in [2.05, 4.69) is 32.2 Å². The van der Waals surface area contributed by atoms with E-state index in [-0.39, 0.29) is 11.7 Å². The van der Waals surface area contributed by atoms with E-state index in [0.717, 1.165) is 21.4 Å². The summed E-state index contributed by atoms with van der Waals surface area (Å²) in [7, 11) is 1.69. The number of hydrogen-bond acceptors (Lipinski definition) is 4. The average molecular weight is 343 g/mol. The fourth-order valence-electron chi connectivity index (χ4n) is 1.68. The molecule has 2 rings (SSSR count). The molecule has 5 nitrogen and oxygen atoms in total. The summed E-state index contributed by atoms with van der Waals surface area (Å²) in [5.74, 6) is 0. The van der Waals surface area contributed by atoms with Gasteiger partial charge < -0.3 is 5.73 Å². The molecule has 1 aromatic carbocycles. The molecule has 1 aromatic heterocycles. The molecule has 0 fully saturated rings. The lowest BCUT2D eigenvalue weighted by atomic mass is 10.1. The smallest absolute Gasteiger partial charge is 0.328 e. The summed E-state index contributed by atoms with van der Waals surface area (Å²) >= 11 is 4.92. The third kappa shape index (κ3) is 3.49. The van der Waals surface area contributed by atoms with Gasteiger partial charge in [0.1, 0.15) is 0 Å². The van der Waals surface area contributed by atoms with Crippen LogP contribution in [-0.4, -0.2) is 20.8 Å². The molecule has 102 valence electrons. The highest BCUT2D eigenvalue weighted by molar-refractivity contribution is 9.10. The molecule has 1 heterocycles. The summed E-state index contributed by atoms with van der Waals surface area (Å²) in [6.45, 7) is 1.97. The number of nitrogens with zero attached hydrogens (tertiary/aromatic N) is 2. The third-order valence-electron chi connectivity index (χ3n) is 2.60. The highest BCUT2D eigenvalue weighted by Gasteiger charge is 2.11. The van der Waals surface area contributed by atoms with Gasteiger partial charge >= 0.3 is 5.69 Å². The van der Waals surface area contributed by atoms with E-state index >= 15 is 0 Å². The zero-order valence-electron chi connectivity index (χ0n) is 10.7. The molecule has 3 N–H and O–H groups in total. The highest BCUT2D eigenvalue weighted by atomic mass is 79.9. The predicted molar refractivity (Wildman–Crippen MR) is 79.4 cm³/mol. The van der Waals surface area contributed by atoms with Crippen LogP contribution in [0.25, 0.3) is 0 Å². The third-order valence-corrected chi connectivity index (χ3v) is 4.26. The van der Waals surface area contributed by atoms with Crippen molar-refractivity contribution in [1.29, 1.82) is 0 Å². The molecule has 1 unspecified atom stereocenters. The number of aromatic amines is 1. The lowest BCUT2D eigenvalue weighted by Crippen LogP contribution is -2.18. The van der Waals surface area contributed by atoms with Crippen LogP contribution in [0.2, 0.25) is 0 Å². The zero-order valence-corrected chi connectivity index (χ0v) is 13.1. The first-order valence-electron chi connectivity index (χ1n) is 5.80. The minimum Gasteiger partial charge on any atom is -0.328 e. The molecule has 2 aromatic rings. The predicted octanol–water partition coefficient (Wildman–Crippen LogP) is 1.91. The Balaban J connectivity index is 2.34. The number of halogens is 1. The Bertz CT molecular complexity index is 635. The number of rotatable bonds is 4. The molecule has 0 aliphatic carbocycles. The van der Waals surface area contributed by atoms with Gasteiger partial charge in [-0.05, 0) is 48.9 Å². The van der Waals surface area contributed by atoms with Crippen LogP contribution >= 0.6 is 27.7 Å². The van der Waals surface area contributed by atoms with Crippen LogP contribution in [0.4, 0.5) is 0 Å². The van der Waals surface area contributed by atoms with Gasteiger partial charge in [0.05, 0.1) is 0 Å². The van der Waals surface area contributed by atoms with Crippen LogP contribution in [0.1, 0.15) is 12.5 Å². The van der Waals surface area contributed by atoms with Gasteiger partial charge in [-0.3, -0.25) is 4.57 Å². The molecule has 0 radical (unpaired) electrons. The van der Waals surface area contributed by atoms with Crippen molar-refractivity contribution in [2.24, 2.45) is 12.8 Å². The van der Waals surface area contributed by atoms with E-state index in [0.29, 0.717) is 5.16 Å². The Hall–Kier alpha value is -1.05. The van der Waals surface area contributed by atoms with Gasteiger partial charge in [0, 0.05) is 22.5 Å². The van der Waals surface area contributed by atoms with Crippen LogP contribution in [0.15, 0.2) is 37.5 Å². The van der Waals surface area contributed by atoms with Gasteiger partial charge in [0.2, 0.25) is 0 Å². The number of nitrogens with two attached hydrogens (primary N) is 1. The van der Waals surface area contributed by atoms with E-state index < -0.39 is 0 Å². The Kier molecular flexibility index (Phi) is 4.49. The first-order valence-corrected chi connectivity index (χ1v) is 7.41. The number of hydrogen-bond donors (Lipinski definition) is 2. The first kappa shape index (κ1) is 14.4. The Morgan fingerprint density at radius 3 is 2.89 bits per heavy atom. The maximum atomic E-state index is 11.4. The molecule has 0 aliphatic heterocycles. The number of H-pyrrole nitrogens is 1. The summed E-state index contributed by atoms with van der Waals surface area (Å²) in [6, 6.07) is 6.11. The Morgan fingerprint density at radius 1 is 1.58 bits per heavy atom. The maximum absolute atomic E-state index is 11.4. The minimum atomic E-state index is -0.214. The van der Waals surface area contributed by atoms with E-state index in [1.165, 1.54) is 16.3 Å². The van der Waals surface area contributed by atoms with Crippen molar-refractivity contribution < 1.29 is 0 Å². The Morgan fingerprint density at radius 2 is 2.32 bits per heavy atom. The van der Waals surface area contributed by atoms with Crippen molar-refractivity contribution in [3.05, 3.63) is 38.7 Å². The Labute approximate surface area is 123 Å². The molecule has 0 bridgehead atoms. The zero-order chi connectivity index (χ0) is 14.0. The summed E-state index contributed by atoms with van der Waals surface area (Å²) in [4.78, 5) is 12.4. The molecule has 7 heteroatoms. The fraction of sp³-hybridized carbons (Fsp3) is 0.333. The van der Waals surface area contributed by atoms with Crippen molar-refractivity contribution in [2.75, 3.05) is 0 Å². The SMILES string of the molecule is CC(N)Cc1cc(Br)ccc1Sc1n[nH]c(=O)n1C. The monoisotopic (exact) mass is 342 g/mol. The van der Waals surface area contributed by atoms with Crippen LogP contribution < -0.4 is 11.4 Å². The average Bonchev–Trinajstić information content (AvgIpc) is 2.64. The molecule has 0 spiro atoms. The quantitative estimate of drug-likeness (QED) is 0.889. The van der Waals surface area contributed by atoms with Crippen molar-refractivity contribution in [2.45, 2.75) is 29.4 Å². The highest BCUT2D eigenvalue weighted by Crippen LogP contribution is 2.30. The van der Waals surface area contributed by atoms with Crippen molar-refractivity contribution in [3.63, 3.8) is 0 Å². The lowest BCUT2D eigenvalue weighted by Gasteiger charge is -2.11. The topological polar surface area (TPSA) is 76.7 Å². The van der Waals surface area contributed by atoms with Crippen LogP contribution in [0.5, 0.6) is 0 Å². The minimum absolute atomic E-state index is 0.0802. The molecular weight excluding hydrogens is 328 g/mol. The summed E-state index contributed by atoms with van der Waals surface area (Å²) in [5, 5.41) is 7.07. The van der Waals surface area contributed by atoms with Crippen LogP contribution in [0.3, 0.4) is 0 Å². The second-order valence-electron chi connectivity index (χ2n) is 4.41. The van der Waals surface area contributed by atoms with Gasteiger partial charge in [0.25, 0.3) is 0 Å². The lowest BCUT2D eigenvalue weighted by molar-refractivity contribution is 0.727. The van der Waals surface area contributed by atoms with Gasteiger partial charge in [-0.15, -0.1) is 5.10 Å².